The number of hydrogen-bond donors (Lipinski definition) is 1. The number of hydrogen-bond acceptors (Lipinski definition) is 4. The van der Waals surface area contributed by atoms with Crippen molar-refractivity contribution in [2.45, 2.75) is 0 Å². The molecule has 16 heavy (non-hydrogen) atoms. The van der Waals surface area contributed by atoms with E-state index in [9.17, 15) is 4.79 Å². The van der Waals surface area contributed by atoms with Crippen LogP contribution in [-0.2, 0) is 0 Å². The van der Waals surface area contributed by atoms with E-state index in [0.29, 0.717) is 11.3 Å². The van der Waals surface area contributed by atoms with Gasteiger partial charge in [0.2, 0.25) is 0 Å². The van der Waals surface area contributed by atoms with Crippen molar-refractivity contribution < 1.29 is 9.53 Å². The first kappa shape index (κ1) is 10.2. The third-order valence-electron chi connectivity index (χ3n) is 2.00. The Kier molecular flexibility index (Phi) is 2.81. The minimum absolute atomic E-state index is 0.280. The maximum atomic E-state index is 11.8. The van der Waals surface area contributed by atoms with Gasteiger partial charge in [0.1, 0.15) is 18.4 Å². The first-order valence-electron chi connectivity index (χ1n) is 4.60. The highest BCUT2D eigenvalue weighted by Crippen LogP contribution is 2.16. The summed E-state index contributed by atoms with van der Waals surface area (Å²) in [5.41, 5.74) is 3.04. The minimum atomic E-state index is -0.280. The first-order chi connectivity index (χ1) is 7.81. The van der Waals surface area contributed by atoms with Gasteiger partial charge in [-0.2, -0.15) is 0 Å². The number of ether oxygens (including phenoxy) is 1. The summed E-state index contributed by atoms with van der Waals surface area (Å²) in [7, 11) is 1.52. The zero-order chi connectivity index (χ0) is 11.4. The first-order valence-corrected chi connectivity index (χ1v) is 4.60. The lowest BCUT2D eigenvalue weighted by atomic mass is 10.2. The van der Waals surface area contributed by atoms with Crippen LogP contribution in [0.15, 0.2) is 36.9 Å². The van der Waals surface area contributed by atoms with Crippen LogP contribution in [0.2, 0.25) is 0 Å². The fourth-order valence-corrected chi connectivity index (χ4v) is 1.27. The van der Waals surface area contributed by atoms with Crippen molar-refractivity contribution in [2.75, 3.05) is 12.5 Å². The Hall–Kier alpha value is -2.37. The van der Waals surface area contributed by atoms with Crippen molar-refractivity contribution >= 4 is 5.91 Å². The standard InChI is InChI=1S/C10H10N4O2/c1-16-9-5-3-2-4-8(9)10(15)13-14-6-11-12-7-14/h2-7H,1H3,(H,13,15). The molecule has 1 N–H and O–H groups in total. The maximum absolute atomic E-state index is 11.8. The topological polar surface area (TPSA) is 69.0 Å². The lowest BCUT2D eigenvalue weighted by Gasteiger charge is -2.08. The summed E-state index contributed by atoms with van der Waals surface area (Å²) >= 11 is 0. The van der Waals surface area contributed by atoms with Crippen LogP contribution in [0.3, 0.4) is 0 Å². The lowest BCUT2D eigenvalue weighted by molar-refractivity contribution is 0.100. The van der Waals surface area contributed by atoms with Crippen LogP contribution < -0.4 is 10.2 Å². The summed E-state index contributed by atoms with van der Waals surface area (Å²) in [6.07, 6.45) is 2.79. The number of carbonyl (C=O) groups excluding carboxylic acids is 1. The highest BCUT2D eigenvalue weighted by Gasteiger charge is 2.11. The SMILES string of the molecule is COc1ccccc1C(=O)Nn1cnnc1. The highest BCUT2D eigenvalue weighted by atomic mass is 16.5. The second-order valence-corrected chi connectivity index (χ2v) is 3.01. The molecule has 0 bridgehead atoms. The molecule has 1 amide bonds. The molecule has 1 heterocycles. The molecular formula is C10H10N4O2. The van der Waals surface area contributed by atoms with Gasteiger partial charge in [-0.25, -0.2) is 4.68 Å². The van der Waals surface area contributed by atoms with E-state index >= 15 is 0 Å². The number of benzene rings is 1. The number of rotatable bonds is 3. The van der Waals surface area contributed by atoms with Crippen LogP contribution in [0, 0.1) is 0 Å². The smallest absolute Gasteiger partial charge is 0.273 e. The second-order valence-electron chi connectivity index (χ2n) is 3.01. The van der Waals surface area contributed by atoms with E-state index in [1.54, 1.807) is 24.3 Å². The number of amides is 1. The molecule has 2 aromatic rings. The lowest BCUT2D eigenvalue weighted by Crippen LogP contribution is -2.22. The van der Waals surface area contributed by atoms with Crippen molar-refractivity contribution in [3.63, 3.8) is 0 Å². The average molecular weight is 218 g/mol. The van der Waals surface area contributed by atoms with E-state index in [1.807, 2.05) is 0 Å². The summed E-state index contributed by atoms with van der Waals surface area (Å²) in [4.78, 5) is 11.8. The summed E-state index contributed by atoms with van der Waals surface area (Å²) < 4.78 is 6.45. The van der Waals surface area contributed by atoms with E-state index in [4.69, 9.17) is 4.74 Å². The van der Waals surface area contributed by atoms with Crippen molar-refractivity contribution in [3.8, 4) is 5.75 Å². The Morgan fingerprint density at radius 3 is 2.69 bits per heavy atom. The Morgan fingerprint density at radius 2 is 2.00 bits per heavy atom. The fraction of sp³-hybridized carbons (Fsp3) is 0.100. The Balaban J connectivity index is 2.21. The average Bonchev–Trinajstić information content (AvgIpc) is 2.81. The molecule has 0 saturated heterocycles. The van der Waals surface area contributed by atoms with Gasteiger partial charge >= 0.3 is 0 Å². The summed E-state index contributed by atoms with van der Waals surface area (Å²) in [6.45, 7) is 0. The zero-order valence-corrected chi connectivity index (χ0v) is 8.62. The number of aromatic nitrogens is 3. The second kappa shape index (κ2) is 4.43. The normalized spacial score (nSPS) is 9.81. The quantitative estimate of drug-likeness (QED) is 0.822. The molecular weight excluding hydrogens is 208 g/mol. The van der Waals surface area contributed by atoms with Gasteiger partial charge in [-0.1, -0.05) is 12.1 Å². The summed E-state index contributed by atoms with van der Waals surface area (Å²) in [5, 5.41) is 7.16. The van der Waals surface area contributed by atoms with Crippen molar-refractivity contribution in [1.82, 2.24) is 14.9 Å². The third kappa shape index (κ3) is 2.00. The Labute approximate surface area is 91.8 Å². The van der Waals surface area contributed by atoms with Gasteiger partial charge < -0.3 is 4.74 Å². The highest BCUT2D eigenvalue weighted by molar-refractivity contribution is 6.02. The van der Waals surface area contributed by atoms with Crippen molar-refractivity contribution in [1.29, 1.82) is 0 Å². The van der Waals surface area contributed by atoms with Crippen LogP contribution >= 0.6 is 0 Å². The number of nitrogens with zero attached hydrogens (tertiary/aromatic N) is 3. The molecule has 0 aliphatic heterocycles. The fourth-order valence-electron chi connectivity index (χ4n) is 1.27. The third-order valence-corrected chi connectivity index (χ3v) is 2.00. The number of methoxy groups -OCH3 is 1. The molecule has 2 rings (SSSR count). The molecule has 0 aliphatic carbocycles. The largest absolute Gasteiger partial charge is 0.496 e. The number of para-hydroxylation sites is 1. The predicted octanol–water partition coefficient (Wildman–Crippen LogP) is 0.671. The van der Waals surface area contributed by atoms with Crippen LogP contribution in [0.4, 0.5) is 0 Å². The van der Waals surface area contributed by atoms with Gasteiger partial charge in [0.15, 0.2) is 0 Å². The van der Waals surface area contributed by atoms with Gasteiger partial charge in [0, 0.05) is 0 Å². The van der Waals surface area contributed by atoms with Gasteiger partial charge in [0.05, 0.1) is 12.7 Å². The summed E-state index contributed by atoms with van der Waals surface area (Å²) in [5.74, 6) is 0.241. The molecule has 1 aromatic carbocycles. The molecule has 0 radical (unpaired) electrons. The Morgan fingerprint density at radius 1 is 1.31 bits per heavy atom. The van der Waals surface area contributed by atoms with Crippen LogP contribution in [0.25, 0.3) is 0 Å². The molecule has 0 aliphatic rings. The molecule has 0 spiro atoms. The summed E-state index contributed by atoms with van der Waals surface area (Å²) in [6, 6.07) is 6.97. The van der Waals surface area contributed by atoms with E-state index in [2.05, 4.69) is 15.6 Å². The van der Waals surface area contributed by atoms with Gasteiger partial charge in [0.25, 0.3) is 5.91 Å². The van der Waals surface area contributed by atoms with E-state index in [-0.39, 0.29) is 5.91 Å². The van der Waals surface area contributed by atoms with Gasteiger partial charge in [-0.05, 0) is 12.1 Å². The van der Waals surface area contributed by atoms with E-state index in [0.717, 1.165) is 0 Å². The van der Waals surface area contributed by atoms with Crippen LogP contribution in [0.1, 0.15) is 10.4 Å². The molecule has 0 unspecified atom stereocenters. The number of carbonyl (C=O) groups is 1. The monoisotopic (exact) mass is 218 g/mol. The van der Waals surface area contributed by atoms with E-state index in [1.165, 1.54) is 24.4 Å². The molecule has 6 heteroatoms. The maximum Gasteiger partial charge on any atom is 0.273 e. The van der Waals surface area contributed by atoms with Gasteiger partial charge in [-0.3, -0.25) is 10.2 Å². The Bertz CT molecular complexity index is 481. The van der Waals surface area contributed by atoms with Gasteiger partial charge in [-0.15, -0.1) is 10.2 Å². The molecule has 0 saturated carbocycles. The van der Waals surface area contributed by atoms with Crippen LogP contribution in [0.5, 0.6) is 5.75 Å². The van der Waals surface area contributed by atoms with Crippen LogP contribution in [-0.4, -0.2) is 27.9 Å². The van der Waals surface area contributed by atoms with Crippen molar-refractivity contribution in [2.24, 2.45) is 0 Å². The molecule has 82 valence electrons. The van der Waals surface area contributed by atoms with E-state index < -0.39 is 0 Å². The number of nitrogens with one attached hydrogen (secondary N) is 1. The molecule has 1 aromatic heterocycles. The zero-order valence-electron chi connectivity index (χ0n) is 8.62. The minimum Gasteiger partial charge on any atom is -0.496 e. The molecule has 0 fully saturated rings. The predicted molar refractivity (Wildman–Crippen MR) is 56.7 cm³/mol. The molecule has 0 atom stereocenters. The van der Waals surface area contributed by atoms with Crippen molar-refractivity contribution in [3.05, 3.63) is 42.5 Å². The molecule has 6 nitrogen and oxygen atoms in total.